The number of aromatic nitrogens is 3. The molecule has 4 heteroatoms. The Morgan fingerprint density at radius 3 is 3.00 bits per heavy atom. The zero-order chi connectivity index (χ0) is 10.3. The quantitative estimate of drug-likeness (QED) is 0.678. The number of benzene rings is 1. The van der Waals surface area contributed by atoms with Gasteiger partial charge in [0.25, 0.3) is 0 Å². The number of aromatic amines is 1. The predicted octanol–water partition coefficient (Wildman–Crippen LogP) is 2.99. The van der Waals surface area contributed by atoms with E-state index >= 15 is 0 Å². The molecule has 0 atom stereocenters. The number of hydrogen-bond donors (Lipinski definition) is 1. The molecule has 15 heavy (non-hydrogen) atoms. The predicted molar refractivity (Wildman–Crippen MR) is 61.9 cm³/mol. The molecule has 0 unspecified atom stereocenters. The summed E-state index contributed by atoms with van der Waals surface area (Å²) in [6.07, 6.45) is 3.73. The number of aryl methyl sites for hydroxylation is 1. The van der Waals surface area contributed by atoms with Crippen molar-refractivity contribution in [3.8, 4) is 11.1 Å². The van der Waals surface area contributed by atoms with Crippen molar-refractivity contribution in [3.63, 3.8) is 0 Å². The van der Waals surface area contributed by atoms with Gasteiger partial charge in [-0.3, -0.25) is 5.10 Å². The molecule has 2 aromatic heterocycles. The molecule has 0 aliphatic carbocycles. The van der Waals surface area contributed by atoms with Crippen LogP contribution in [0.4, 0.5) is 0 Å². The molecule has 2 heterocycles. The summed E-state index contributed by atoms with van der Waals surface area (Å²) < 4.78 is 1.23. The molecular formula is C11H9N3S. The summed E-state index contributed by atoms with van der Waals surface area (Å²) >= 11 is 1.72. The van der Waals surface area contributed by atoms with Gasteiger partial charge in [0.2, 0.25) is 0 Å². The van der Waals surface area contributed by atoms with Crippen LogP contribution in [0.5, 0.6) is 0 Å². The zero-order valence-corrected chi connectivity index (χ0v) is 9.01. The summed E-state index contributed by atoms with van der Waals surface area (Å²) in [6, 6.07) is 6.29. The van der Waals surface area contributed by atoms with Crippen molar-refractivity contribution < 1.29 is 0 Å². The summed E-state index contributed by atoms with van der Waals surface area (Å²) in [7, 11) is 0. The van der Waals surface area contributed by atoms with Crippen LogP contribution in [0.2, 0.25) is 0 Å². The van der Waals surface area contributed by atoms with Crippen molar-refractivity contribution in [2.24, 2.45) is 0 Å². The van der Waals surface area contributed by atoms with E-state index in [0.717, 1.165) is 16.1 Å². The largest absolute Gasteiger partial charge is 0.285 e. The van der Waals surface area contributed by atoms with Crippen LogP contribution in [0.25, 0.3) is 21.3 Å². The lowest BCUT2D eigenvalue weighted by atomic mass is 10.1. The van der Waals surface area contributed by atoms with E-state index in [0.29, 0.717) is 0 Å². The van der Waals surface area contributed by atoms with Crippen LogP contribution in [0, 0.1) is 6.92 Å². The third-order valence-electron chi connectivity index (χ3n) is 2.33. The molecule has 1 aromatic carbocycles. The summed E-state index contributed by atoms with van der Waals surface area (Å²) in [5.74, 6) is 0. The number of thiazole rings is 1. The smallest absolute Gasteiger partial charge is 0.0907 e. The van der Waals surface area contributed by atoms with Crippen molar-refractivity contribution in [1.29, 1.82) is 0 Å². The molecule has 0 saturated heterocycles. The van der Waals surface area contributed by atoms with Crippen molar-refractivity contribution in [2.75, 3.05) is 0 Å². The Bertz CT molecular complexity index is 595. The fourth-order valence-electron chi connectivity index (χ4n) is 1.63. The average molecular weight is 215 g/mol. The van der Waals surface area contributed by atoms with Gasteiger partial charge >= 0.3 is 0 Å². The molecule has 0 saturated carbocycles. The minimum absolute atomic E-state index is 1.07. The minimum atomic E-state index is 1.07. The Kier molecular flexibility index (Phi) is 1.82. The molecule has 0 fully saturated rings. The van der Waals surface area contributed by atoms with Gasteiger partial charge in [0, 0.05) is 11.8 Å². The van der Waals surface area contributed by atoms with E-state index in [1.165, 1.54) is 10.3 Å². The van der Waals surface area contributed by atoms with Gasteiger partial charge in [-0.1, -0.05) is 6.07 Å². The Labute approximate surface area is 90.8 Å². The molecule has 3 nitrogen and oxygen atoms in total. The monoisotopic (exact) mass is 215 g/mol. The van der Waals surface area contributed by atoms with Crippen molar-refractivity contribution in [2.45, 2.75) is 6.92 Å². The topological polar surface area (TPSA) is 41.6 Å². The molecule has 3 rings (SSSR count). The van der Waals surface area contributed by atoms with Crippen molar-refractivity contribution >= 4 is 21.6 Å². The van der Waals surface area contributed by atoms with E-state index in [9.17, 15) is 0 Å². The van der Waals surface area contributed by atoms with Gasteiger partial charge in [-0.25, -0.2) is 4.98 Å². The van der Waals surface area contributed by atoms with Crippen LogP contribution < -0.4 is 0 Å². The summed E-state index contributed by atoms with van der Waals surface area (Å²) in [5, 5.41) is 7.87. The van der Waals surface area contributed by atoms with Crippen LogP contribution in [0.3, 0.4) is 0 Å². The lowest BCUT2D eigenvalue weighted by molar-refractivity contribution is 1.09. The Morgan fingerprint density at radius 2 is 2.20 bits per heavy atom. The van der Waals surface area contributed by atoms with Gasteiger partial charge in [0.1, 0.15) is 0 Å². The molecule has 0 spiro atoms. The lowest BCUT2D eigenvalue weighted by Crippen LogP contribution is -1.73. The highest BCUT2D eigenvalue weighted by molar-refractivity contribution is 7.18. The van der Waals surface area contributed by atoms with Gasteiger partial charge in [0.05, 0.1) is 21.4 Å². The van der Waals surface area contributed by atoms with E-state index in [-0.39, 0.29) is 0 Å². The second-order valence-corrected chi connectivity index (χ2v) is 4.64. The number of rotatable bonds is 1. The number of nitrogens with one attached hydrogen (secondary N) is 1. The second-order valence-electron chi connectivity index (χ2n) is 3.40. The fourth-order valence-corrected chi connectivity index (χ4v) is 2.49. The number of hydrogen-bond acceptors (Lipinski definition) is 3. The maximum Gasteiger partial charge on any atom is 0.0907 e. The summed E-state index contributed by atoms with van der Waals surface area (Å²) in [5.41, 5.74) is 3.37. The van der Waals surface area contributed by atoms with Crippen molar-refractivity contribution in [1.82, 2.24) is 15.2 Å². The van der Waals surface area contributed by atoms with E-state index in [1.54, 1.807) is 11.3 Å². The molecule has 0 aliphatic heterocycles. The first kappa shape index (κ1) is 8.61. The maximum atomic E-state index is 4.43. The third kappa shape index (κ3) is 1.43. The zero-order valence-electron chi connectivity index (χ0n) is 8.19. The number of fused-ring (bicyclic) bond motifs is 1. The Balaban J connectivity index is 2.21. The van der Waals surface area contributed by atoms with E-state index in [1.807, 2.05) is 19.3 Å². The Hall–Kier alpha value is -1.68. The van der Waals surface area contributed by atoms with Crippen molar-refractivity contribution in [3.05, 3.63) is 35.6 Å². The molecule has 1 N–H and O–H groups in total. The van der Waals surface area contributed by atoms with Crippen LogP contribution >= 0.6 is 11.3 Å². The number of H-pyrrole nitrogens is 1. The number of nitrogens with zero attached hydrogens (tertiary/aromatic N) is 2. The highest BCUT2D eigenvalue weighted by atomic mass is 32.1. The summed E-state index contributed by atoms with van der Waals surface area (Å²) in [4.78, 5) is 4.43. The molecule has 3 aromatic rings. The van der Waals surface area contributed by atoms with E-state index < -0.39 is 0 Å². The highest BCUT2D eigenvalue weighted by Gasteiger charge is 2.03. The summed E-state index contributed by atoms with van der Waals surface area (Å²) in [6.45, 7) is 2.03. The van der Waals surface area contributed by atoms with Crippen LogP contribution in [0.1, 0.15) is 5.01 Å². The van der Waals surface area contributed by atoms with E-state index in [4.69, 9.17) is 0 Å². The maximum absolute atomic E-state index is 4.43. The standard InChI is InChI=1S/C11H9N3S/c1-7-14-10-3-2-8(4-11(10)15-7)9-5-12-13-6-9/h2-6H,1H3,(H,12,13). The van der Waals surface area contributed by atoms with Gasteiger partial charge < -0.3 is 0 Å². The van der Waals surface area contributed by atoms with Crippen LogP contribution in [-0.4, -0.2) is 15.2 Å². The molecule has 0 bridgehead atoms. The minimum Gasteiger partial charge on any atom is -0.285 e. The van der Waals surface area contributed by atoms with Gasteiger partial charge in [0.15, 0.2) is 0 Å². The van der Waals surface area contributed by atoms with E-state index in [2.05, 4.69) is 33.4 Å². The molecule has 0 aliphatic rings. The van der Waals surface area contributed by atoms with Gasteiger partial charge in [-0.15, -0.1) is 11.3 Å². The average Bonchev–Trinajstić information content (AvgIpc) is 2.82. The molecule has 74 valence electrons. The second kappa shape index (κ2) is 3.17. The lowest BCUT2D eigenvalue weighted by Gasteiger charge is -1.95. The SMILES string of the molecule is Cc1nc2ccc(-c3cn[nH]c3)cc2s1. The van der Waals surface area contributed by atoms with Crippen LogP contribution in [0.15, 0.2) is 30.6 Å². The fraction of sp³-hybridized carbons (Fsp3) is 0.0909. The molecular weight excluding hydrogens is 206 g/mol. The third-order valence-corrected chi connectivity index (χ3v) is 3.26. The first-order chi connectivity index (χ1) is 7.33. The Morgan fingerprint density at radius 1 is 1.27 bits per heavy atom. The normalized spacial score (nSPS) is 11.0. The highest BCUT2D eigenvalue weighted by Crippen LogP contribution is 2.27. The molecule has 0 radical (unpaired) electrons. The first-order valence-electron chi connectivity index (χ1n) is 4.69. The molecule has 0 amide bonds. The van der Waals surface area contributed by atoms with Gasteiger partial charge in [-0.05, 0) is 24.6 Å². The first-order valence-corrected chi connectivity index (χ1v) is 5.51. The van der Waals surface area contributed by atoms with Gasteiger partial charge in [-0.2, -0.15) is 5.10 Å². The van der Waals surface area contributed by atoms with Crippen LogP contribution in [-0.2, 0) is 0 Å².